The van der Waals surface area contributed by atoms with E-state index in [1.165, 1.54) is 308 Å². The Bertz CT molecular complexity index is 1830. The molecule has 2 heterocycles. The molecule has 14 heteroatoms. The van der Waals surface area contributed by atoms with Gasteiger partial charge in [0.2, 0.25) is 5.91 Å². The fourth-order valence-corrected chi connectivity index (χ4v) is 13.9. The van der Waals surface area contributed by atoms with Gasteiger partial charge in [0.25, 0.3) is 0 Å². The number of aliphatic hydroxyl groups is 8. The SMILES string of the molecule is CCCCCCC/C=C\C/C=C\C/C=C\CCCCCCCCCCCCCCCCCCCCCCCCCCCCC(=O)NC(COC1OC(CO)C(OC2OC(CO)C(O)C(O)C2O)C(O)C1O)C(O)/C=C/CCCCCCCCCCCCCCCCCCCCCCC. The van der Waals surface area contributed by atoms with Gasteiger partial charge in [-0.05, 0) is 57.8 Å². The molecule has 12 atom stereocenters. The van der Waals surface area contributed by atoms with Gasteiger partial charge in [-0.3, -0.25) is 4.79 Å². The van der Waals surface area contributed by atoms with Crippen molar-refractivity contribution in [1.29, 1.82) is 0 Å². The van der Waals surface area contributed by atoms with E-state index in [0.717, 1.165) is 51.4 Å². The van der Waals surface area contributed by atoms with Crippen LogP contribution in [-0.4, -0.2) is 140 Å². The zero-order chi connectivity index (χ0) is 70.8. The predicted molar refractivity (Wildman–Crippen MR) is 406 cm³/mol. The average molecular weight is 1390 g/mol. The van der Waals surface area contributed by atoms with Crippen molar-refractivity contribution in [3.63, 3.8) is 0 Å². The third-order valence-electron chi connectivity index (χ3n) is 20.5. The standard InChI is InChI=1S/C84H157NO13/c1-3-5-7-9-11-13-15-17-19-21-23-25-27-28-29-30-31-32-33-34-35-36-37-38-39-40-41-42-43-44-46-48-50-52-54-56-58-60-62-64-66-68-76(89)85-72(71-95-83-81(94)79(92)82(75(70-87)97-83)98-84-80(93)78(91)77(90)74(69-86)96-84)73(88)67-65-63-61-59-57-55-53-51-49-47-45-26-24-22-20-18-16-14-12-10-8-6-4-2/h15,17,21,23,27-28,65,67,72-75,77-84,86-88,90-94H,3-14,16,18-20,22,24-26,29-64,66,68-71H2,1-2H3,(H,85,89)/b17-15-,23-21-,28-27-,67-65+. The summed E-state index contributed by atoms with van der Waals surface area (Å²) in [6.45, 7) is 2.85. The summed E-state index contributed by atoms with van der Waals surface area (Å²) in [7, 11) is 0. The molecule has 1 amide bonds. The van der Waals surface area contributed by atoms with Crippen molar-refractivity contribution in [3.8, 4) is 0 Å². The van der Waals surface area contributed by atoms with Gasteiger partial charge in [-0.15, -0.1) is 0 Å². The molecular weight excluding hydrogens is 1230 g/mol. The van der Waals surface area contributed by atoms with Crippen LogP contribution in [0, 0.1) is 0 Å². The Hall–Kier alpha value is -2.05. The summed E-state index contributed by atoms with van der Waals surface area (Å²) in [5, 5.41) is 87.7. The maximum Gasteiger partial charge on any atom is 0.220 e. The van der Waals surface area contributed by atoms with E-state index >= 15 is 0 Å². The molecule has 2 saturated heterocycles. The lowest BCUT2D eigenvalue weighted by Gasteiger charge is -2.46. The number of nitrogens with one attached hydrogen (secondary N) is 1. The van der Waals surface area contributed by atoms with Crippen LogP contribution in [0.15, 0.2) is 48.6 Å². The van der Waals surface area contributed by atoms with Crippen molar-refractivity contribution in [2.75, 3.05) is 19.8 Å². The van der Waals surface area contributed by atoms with E-state index in [2.05, 4.69) is 55.6 Å². The molecule has 0 saturated carbocycles. The number of hydrogen-bond acceptors (Lipinski definition) is 13. The van der Waals surface area contributed by atoms with E-state index in [1.807, 2.05) is 6.08 Å². The second kappa shape index (κ2) is 68.1. The molecular formula is C84H157NO13. The quantitative estimate of drug-likeness (QED) is 0.0204. The summed E-state index contributed by atoms with van der Waals surface area (Å²) in [5.74, 6) is -0.231. The minimum absolute atomic E-state index is 0.231. The lowest BCUT2D eigenvalue weighted by Crippen LogP contribution is -2.65. The molecule has 0 radical (unpaired) electrons. The molecule has 0 bridgehead atoms. The third-order valence-corrected chi connectivity index (χ3v) is 20.5. The Morgan fingerprint density at radius 2 is 0.673 bits per heavy atom. The minimum Gasteiger partial charge on any atom is -0.394 e. The summed E-state index contributed by atoms with van der Waals surface area (Å²) in [6.07, 6.45) is 75.0. The average Bonchev–Trinajstić information content (AvgIpc) is 0.793. The van der Waals surface area contributed by atoms with Crippen molar-refractivity contribution in [2.24, 2.45) is 0 Å². The van der Waals surface area contributed by atoms with Crippen LogP contribution in [0.5, 0.6) is 0 Å². The molecule has 576 valence electrons. The maximum atomic E-state index is 13.4. The number of aliphatic hydroxyl groups excluding tert-OH is 8. The molecule has 0 aromatic rings. The number of amides is 1. The first-order chi connectivity index (χ1) is 48.1. The van der Waals surface area contributed by atoms with Crippen LogP contribution in [0.2, 0.25) is 0 Å². The number of unbranched alkanes of at least 4 members (excludes halogenated alkanes) is 52. The molecule has 12 unspecified atom stereocenters. The fourth-order valence-electron chi connectivity index (χ4n) is 13.9. The second-order valence-corrected chi connectivity index (χ2v) is 29.6. The Labute approximate surface area is 601 Å². The highest BCUT2D eigenvalue weighted by Crippen LogP contribution is 2.30. The zero-order valence-electron chi connectivity index (χ0n) is 63.3. The van der Waals surface area contributed by atoms with Crippen molar-refractivity contribution >= 4 is 5.91 Å². The first kappa shape index (κ1) is 92.0. The Morgan fingerprint density at radius 1 is 0.367 bits per heavy atom. The van der Waals surface area contributed by atoms with Gasteiger partial charge < -0.3 is 65.1 Å². The molecule has 0 spiro atoms. The van der Waals surface area contributed by atoms with Gasteiger partial charge in [0.15, 0.2) is 12.6 Å². The molecule has 0 aliphatic carbocycles. The topological polar surface area (TPSA) is 228 Å². The predicted octanol–water partition coefficient (Wildman–Crippen LogP) is 19.4. The summed E-state index contributed by atoms with van der Waals surface area (Å²) in [5.41, 5.74) is 0. The zero-order valence-corrected chi connectivity index (χ0v) is 63.3. The normalized spacial score (nSPS) is 22.2. The van der Waals surface area contributed by atoms with Gasteiger partial charge in [0, 0.05) is 6.42 Å². The molecule has 0 aromatic carbocycles. The van der Waals surface area contributed by atoms with E-state index in [0.29, 0.717) is 6.42 Å². The monoisotopic (exact) mass is 1390 g/mol. The Kier molecular flexibility index (Phi) is 63.9. The van der Waals surface area contributed by atoms with Crippen LogP contribution >= 0.6 is 0 Å². The van der Waals surface area contributed by atoms with Crippen molar-refractivity contribution in [3.05, 3.63) is 48.6 Å². The Balaban J connectivity index is 1.56. The summed E-state index contributed by atoms with van der Waals surface area (Å²) < 4.78 is 22.9. The van der Waals surface area contributed by atoms with Crippen LogP contribution in [0.3, 0.4) is 0 Å². The highest BCUT2D eigenvalue weighted by molar-refractivity contribution is 5.76. The van der Waals surface area contributed by atoms with Gasteiger partial charge in [0.05, 0.1) is 32.0 Å². The Morgan fingerprint density at radius 3 is 1.03 bits per heavy atom. The largest absolute Gasteiger partial charge is 0.394 e. The molecule has 2 fully saturated rings. The molecule has 0 aromatic heterocycles. The van der Waals surface area contributed by atoms with E-state index < -0.39 is 86.8 Å². The van der Waals surface area contributed by atoms with Crippen molar-refractivity contribution in [2.45, 2.75) is 460 Å². The van der Waals surface area contributed by atoms with E-state index in [1.54, 1.807) is 6.08 Å². The lowest BCUT2D eigenvalue weighted by molar-refractivity contribution is -0.359. The van der Waals surface area contributed by atoms with Gasteiger partial charge in [-0.2, -0.15) is 0 Å². The number of ether oxygens (including phenoxy) is 4. The second-order valence-electron chi connectivity index (χ2n) is 29.6. The van der Waals surface area contributed by atoms with Crippen molar-refractivity contribution in [1.82, 2.24) is 5.32 Å². The molecule has 14 nitrogen and oxygen atoms in total. The van der Waals surface area contributed by atoms with Crippen LogP contribution in [0.4, 0.5) is 0 Å². The molecule has 9 N–H and O–H groups in total. The highest BCUT2D eigenvalue weighted by atomic mass is 16.7. The van der Waals surface area contributed by atoms with E-state index in [9.17, 15) is 45.6 Å². The molecule has 2 aliphatic heterocycles. The fraction of sp³-hybridized carbons (Fsp3) is 0.893. The maximum absolute atomic E-state index is 13.4. The smallest absolute Gasteiger partial charge is 0.220 e. The van der Waals surface area contributed by atoms with Gasteiger partial charge in [-0.1, -0.05) is 371 Å². The van der Waals surface area contributed by atoms with Gasteiger partial charge >= 0.3 is 0 Å². The minimum atomic E-state index is -1.79. The molecule has 2 aliphatic rings. The van der Waals surface area contributed by atoms with Crippen LogP contribution < -0.4 is 5.32 Å². The lowest BCUT2D eigenvalue weighted by atomic mass is 9.97. The first-order valence-corrected chi connectivity index (χ1v) is 41.9. The van der Waals surface area contributed by atoms with E-state index in [4.69, 9.17) is 18.9 Å². The molecule has 2 rings (SSSR count). The number of carbonyl (C=O) groups is 1. The van der Waals surface area contributed by atoms with Gasteiger partial charge in [-0.25, -0.2) is 0 Å². The number of rotatable bonds is 71. The first-order valence-electron chi connectivity index (χ1n) is 41.9. The highest BCUT2D eigenvalue weighted by Gasteiger charge is 2.51. The number of allylic oxidation sites excluding steroid dienone is 7. The summed E-state index contributed by atoms with van der Waals surface area (Å²) >= 11 is 0. The number of carbonyl (C=O) groups excluding carboxylic acids is 1. The number of hydrogen-bond donors (Lipinski definition) is 9. The van der Waals surface area contributed by atoms with Crippen LogP contribution in [-0.2, 0) is 23.7 Å². The van der Waals surface area contributed by atoms with E-state index in [-0.39, 0.29) is 18.9 Å². The summed E-state index contributed by atoms with van der Waals surface area (Å²) in [6, 6.07) is -0.915. The summed E-state index contributed by atoms with van der Waals surface area (Å²) in [4.78, 5) is 13.4. The third kappa shape index (κ3) is 50.4. The van der Waals surface area contributed by atoms with Crippen molar-refractivity contribution < 1.29 is 64.6 Å². The van der Waals surface area contributed by atoms with Crippen LogP contribution in [0.25, 0.3) is 0 Å². The molecule has 98 heavy (non-hydrogen) atoms. The van der Waals surface area contributed by atoms with Gasteiger partial charge in [0.1, 0.15) is 48.8 Å². The van der Waals surface area contributed by atoms with Crippen LogP contribution in [0.1, 0.15) is 386 Å².